The summed E-state index contributed by atoms with van der Waals surface area (Å²) in [4.78, 5) is 14.4. The summed E-state index contributed by atoms with van der Waals surface area (Å²) in [5, 5.41) is 7.19. The first-order valence-corrected chi connectivity index (χ1v) is 9.62. The van der Waals surface area contributed by atoms with Crippen LogP contribution in [0.2, 0.25) is 5.02 Å². The first kappa shape index (κ1) is 19.9. The van der Waals surface area contributed by atoms with Gasteiger partial charge in [-0.3, -0.25) is 0 Å². The van der Waals surface area contributed by atoms with Crippen LogP contribution in [0.1, 0.15) is 43.0 Å². The Kier molecular flexibility index (Phi) is 8.44. The Hall–Kier alpha value is -1.37. The molecule has 1 aliphatic rings. The van der Waals surface area contributed by atoms with Gasteiger partial charge in [0.2, 0.25) is 0 Å². The van der Waals surface area contributed by atoms with E-state index < -0.39 is 5.97 Å². The predicted octanol–water partition coefficient (Wildman–Crippen LogP) is 3.68. The molecule has 0 spiro atoms. The van der Waals surface area contributed by atoms with E-state index in [2.05, 4.69) is 15.5 Å². The second kappa shape index (κ2) is 10.6. The molecule has 7 heteroatoms. The summed E-state index contributed by atoms with van der Waals surface area (Å²) in [6.07, 6.45) is 5.04. The molecule has 0 aromatic heterocycles. The van der Waals surface area contributed by atoms with Crippen LogP contribution in [0.4, 0.5) is 5.69 Å². The number of esters is 1. The zero-order chi connectivity index (χ0) is 18.1. The van der Waals surface area contributed by atoms with Crippen LogP contribution in [0.25, 0.3) is 0 Å². The molecule has 1 aromatic rings. The Balaban J connectivity index is 1.76. The molecule has 1 fully saturated rings. The Labute approximate surface area is 160 Å². The lowest BCUT2D eigenvalue weighted by atomic mass is 10.1. The SMILES string of the molecule is CCOC(=O)c1cc(NC(=S)NCCCN2CCCCC2)ccc1Cl. The van der Waals surface area contributed by atoms with Crippen molar-refractivity contribution in [1.29, 1.82) is 0 Å². The van der Waals surface area contributed by atoms with Gasteiger partial charge in [0.15, 0.2) is 5.11 Å². The predicted molar refractivity (Wildman–Crippen MR) is 107 cm³/mol. The van der Waals surface area contributed by atoms with Crippen molar-refractivity contribution in [3.63, 3.8) is 0 Å². The second-order valence-corrected chi connectivity index (χ2v) is 6.87. The van der Waals surface area contributed by atoms with Gasteiger partial charge in [0.1, 0.15) is 0 Å². The minimum absolute atomic E-state index is 0.309. The lowest BCUT2D eigenvalue weighted by molar-refractivity contribution is 0.0526. The van der Waals surface area contributed by atoms with Gasteiger partial charge < -0.3 is 20.3 Å². The number of carbonyl (C=O) groups is 1. The number of rotatable bonds is 7. The van der Waals surface area contributed by atoms with Crippen LogP contribution in [0.3, 0.4) is 0 Å². The maximum atomic E-state index is 11.9. The lowest BCUT2D eigenvalue weighted by Crippen LogP contribution is -2.34. The highest BCUT2D eigenvalue weighted by molar-refractivity contribution is 7.80. The van der Waals surface area contributed by atoms with Gasteiger partial charge in [0.25, 0.3) is 0 Å². The van der Waals surface area contributed by atoms with Crippen LogP contribution >= 0.6 is 23.8 Å². The number of hydrogen-bond donors (Lipinski definition) is 2. The number of nitrogens with zero attached hydrogens (tertiary/aromatic N) is 1. The summed E-state index contributed by atoms with van der Waals surface area (Å²) in [6, 6.07) is 5.10. The summed E-state index contributed by atoms with van der Waals surface area (Å²) in [6.45, 7) is 6.42. The van der Waals surface area contributed by atoms with Gasteiger partial charge in [-0.1, -0.05) is 18.0 Å². The summed E-state index contributed by atoms with van der Waals surface area (Å²) >= 11 is 11.4. The number of halogens is 1. The Morgan fingerprint density at radius 3 is 2.80 bits per heavy atom. The molecule has 0 saturated carbocycles. The van der Waals surface area contributed by atoms with E-state index in [1.165, 1.54) is 32.4 Å². The molecule has 0 bridgehead atoms. The molecule has 0 radical (unpaired) electrons. The van der Waals surface area contributed by atoms with Gasteiger partial charge in [-0.05, 0) is 76.2 Å². The maximum Gasteiger partial charge on any atom is 0.339 e. The van der Waals surface area contributed by atoms with Crippen LogP contribution < -0.4 is 10.6 Å². The normalized spacial score (nSPS) is 14.8. The number of piperidine rings is 1. The van der Waals surface area contributed by atoms with Gasteiger partial charge in [0, 0.05) is 12.2 Å². The molecular formula is C18H26ClN3O2S. The highest BCUT2D eigenvalue weighted by atomic mass is 35.5. The van der Waals surface area contributed by atoms with Gasteiger partial charge in [-0.2, -0.15) is 0 Å². The van der Waals surface area contributed by atoms with Gasteiger partial charge in [0.05, 0.1) is 17.2 Å². The third-order valence-electron chi connectivity index (χ3n) is 4.10. The van der Waals surface area contributed by atoms with E-state index in [-0.39, 0.29) is 0 Å². The molecule has 0 aliphatic carbocycles. The average molecular weight is 384 g/mol. The Morgan fingerprint density at radius 2 is 2.08 bits per heavy atom. The minimum Gasteiger partial charge on any atom is -0.462 e. The third kappa shape index (κ3) is 6.80. The molecule has 25 heavy (non-hydrogen) atoms. The summed E-state index contributed by atoms with van der Waals surface area (Å²) in [5.74, 6) is -0.434. The van der Waals surface area contributed by atoms with Crippen LogP contribution in [-0.4, -0.2) is 48.8 Å². The Morgan fingerprint density at radius 1 is 1.32 bits per heavy atom. The molecule has 1 aliphatic heterocycles. The molecule has 2 N–H and O–H groups in total. The average Bonchev–Trinajstić information content (AvgIpc) is 2.61. The topological polar surface area (TPSA) is 53.6 Å². The Bertz CT molecular complexity index is 592. The molecule has 1 saturated heterocycles. The van der Waals surface area contributed by atoms with Gasteiger partial charge >= 0.3 is 5.97 Å². The van der Waals surface area contributed by atoms with Crippen molar-refractivity contribution < 1.29 is 9.53 Å². The fraction of sp³-hybridized carbons (Fsp3) is 0.556. The number of anilines is 1. The van der Waals surface area contributed by atoms with Crippen LogP contribution in [0, 0.1) is 0 Å². The van der Waals surface area contributed by atoms with Crippen molar-refractivity contribution in [3.05, 3.63) is 28.8 Å². The number of benzene rings is 1. The second-order valence-electron chi connectivity index (χ2n) is 6.05. The molecular weight excluding hydrogens is 358 g/mol. The van der Waals surface area contributed by atoms with Gasteiger partial charge in [-0.25, -0.2) is 4.79 Å². The molecule has 1 heterocycles. The highest BCUT2D eigenvalue weighted by Crippen LogP contribution is 2.21. The molecule has 1 aromatic carbocycles. The van der Waals surface area contributed by atoms with E-state index in [1.807, 2.05) is 0 Å². The standard InChI is InChI=1S/C18H26ClN3O2S/c1-2-24-17(23)15-13-14(7-8-16(15)19)21-18(25)20-9-6-12-22-10-4-3-5-11-22/h7-8,13H,2-6,9-12H2,1H3,(H2,20,21,25). The van der Waals surface area contributed by atoms with Crippen LogP contribution in [-0.2, 0) is 4.74 Å². The third-order valence-corrected chi connectivity index (χ3v) is 4.68. The van der Waals surface area contributed by atoms with E-state index >= 15 is 0 Å². The number of nitrogens with one attached hydrogen (secondary N) is 2. The van der Waals surface area contributed by atoms with E-state index in [0.29, 0.717) is 28.0 Å². The minimum atomic E-state index is -0.434. The number of hydrogen-bond acceptors (Lipinski definition) is 4. The van der Waals surface area contributed by atoms with E-state index in [0.717, 1.165) is 19.5 Å². The fourth-order valence-electron chi connectivity index (χ4n) is 2.83. The maximum absolute atomic E-state index is 11.9. The van der Waals surface area contributed by atoms with Crippen molar-refractivity contribution in [2.24, 2.45) is 0 Å². The van der Waals surface area contributed by atoms with E-state index in [1.54, 1.807) is 25.1 Å². The lowest BCUT2D eigenvalue weighted by Gasteiger charge is -2.26. The van der Waals surface area contributed by atoms with Crippen molar-refractivity contribution in [2.45, 2.75) is 32.6 Å². The molecule has 0 amide bonds. The number of ether oxygens (including phenoxy) is 1. The molecule has 2 rings (SSSR count). The summed E-state index contributed by atoms with van der Waals surface area (Å²) < 4.78 is 5.00. The van der Waals surface area contributed by atoms with Crippen molar-refractivity contribution >= 4 is 40.6 Å². The monoisotopic (exact) mass is 383 g/mol. The quantitative estimate of drug-likeness (QED) is 0.425. The molecule has 138 valence electrons. The highest BCUT2D eigenvalue weighted by Gasteiger charge is 2.13. The van der Waals surface area contributed by atoms with E-state index in [9.17, 15) is 4.79 Å². The van der Waals surface area contributed by atoms with Crippen LogP contribution in [0.5, 0.6) is 0 Å². The largest absolute Gasteiger partial charge is 0.462 e. The van der Waals surface area contributed by atoms with E-state index in [4.69, 9.17) is 28.6 Å². The number of likely N-dealkylation sites (tertiary alicyclic amines) is 1. The molecule has 0 atom stereocenters. The van der Waals surface area contributed by atoms with Gasteiger partial charge in [-0.15, -0.1) is 0 Å². The zero-order valence-electron chi connectivity index (χ0n) is 14.6. The molecule has 0 unspecified atom stereocenters. The zero-order valence-corrected chi connectivity index (χ0v) is 16.2. The summed E-state index contributed by atoms with van der Waals surface area (Å²) in [7, 11) is 0. The smallest absolute Gasteiger partial charge is 0.339 e. The van der Waals surface area contributed by atoms with Crippen molar-refractivity contribution in [2.75, 3.05) is 38.1 Å². The summed E-state index contributed by atoms with van der Waals surface area (Å²) in [5.41, 5.74) is 1.04. The fourth-order valence-corrected chi connectivity index (χ4v) is 3.25. The number of carbonyl (C=O) groups excluding carboxylic acids is 1. The number of thiocarbonyl (C=S) groups is 1. The van der Waals surface area contributed by atoms with Crippen molar-refractivity contribution in [3.8, 4) is 0 Å². The first-order chi connectivity index (χ1) is 12.1. The molecule has 5 nitrogen and oxygen atoms in total. The van der Waals surface area contributed by atoms with Crippen LogP contribution in [0.15, 0.2) is 18.2 Å². The van der Waals surface area contributed by atoms with Crippen molar-refractivity contribution in [1.82, 2.24) is 10.2 Å². The first-order valence-electron chi connectivity index (χ1n) is 8.84.